The fourth-order valence-corrected chi connectivity index (χ4v) is 1.02. The lowest BCUT2D eigenvalue weighted by molar-refractivity contribution is 0.275. The molecule has 0 fully saturated rings. The van der Waals surface area contributed by atoms with Gasteiger partial charge in [0.15, 0.2) is 0 Å². The second-order valence-corrected chi connectivity index (χ2v) is 2.83. The van der Waals surface area contributed by atoms with Crippen molar-refractivity contribution in [3.8, 4) is 0 Å². The van der Waals surface area contributed by atoms with Gasteiger partial charge in [-0.2, -0.15) is 0 Å². The molecule has 0 amide bonds. The fourth-order valence-electron chi connectivity index (χ4n) is 1.02. The summed E-state index contributed by atoms with van der Waals surface area (Å²) in [6, 6.07) is 0. The molecule has 1 aliphatic rings. The average Bonchev–Trinajstić information content (AvgIpc) is 2.00. The van der Waals surface area contributed by atoms with Crippen LogP contribution in [0.5, 0.6) is 0 Å². The molecule has 0 aromatic heterocycles. The molecule has 0 saturated heterocycles. The topological polar surface area (TPSA) is 18.8 Å². The van der Waals surface area contributed by atoms with Crippen molar-refractivity contribution in [3.63, 3.8) is 0 Å². The van der Waals surface area contributed by atoms with Crippen LogP contribution in [0.15, 0.2) is 17.4 Å². The highest BCUT2D eigenvalue weighted by atomic mass is 15.3. The van der Waals surface area contributed by atoms with E-state index in [1.54, 1.807) is 0 Å². The van der Waals surface area contributed by atoms with Crippen molar-refractivity contribution in [2.75, 3.05) is 27.3 Å². The molecule has 0 aliphatic carbocycles. The molecule has 11 heavy (non-hydrogen) atoms. The van der Waals surface area contributed by atoms with Crippen LogP contribution in [0.2, 0.25) is 0 Å². The maximum absolute atomic E-state index is 4.21. The van der Waals surface area contributed by atoms with Crippen LogP contribution in [-0.4, -0.2) is 43.3 Å². The standard InChI is InChI=1S/C8H15N3/c1-8-10(2)6-4-5-9-7-11(8)3/h5H,1,4,6-7H2,2-3H3/b9-5-. The Bertz CT molecular complexity index is 174. The molecule has 0 spiro atoms. The van der Waals surface area contributed by atoms with Crippen molar-refractivity contribution in [2.24, 2.45) is 4.99 Å². The highest BCUT2D eigenvalue weighted by Crippen LogP contribution is 2.05. The SMILES string of the molecule is C=C1N(C)CC/C=N\CN1C. The van der Waals surface area contributed by atoms with Gasteiger partial charge in [0, 0.05) is 26.9 Å². The number of hydrogen-bond acceptors (Lipinski definition) is 3. The highest BCUT2D eigenvalue weighted by molar-refractivity contribution is 5.57. The van der Waals surface area contributed by atoms with Gasteiger partial charge in [-0.1, -0.05) is 6.58 Å². The van der Waals surface area contributed by atoms with Gasteiger partial charge in [0.05, 0.1) is 5.82 Å². The molecule has 3 nitrogen and oxygen atoms in total. The molecule has 0 N–H and O–H groups in total. The van der Waals surface area contributed by atoms with Gasteiger partial charge in [-0.3, -0.25) is 4.99 Å². The monoisotopic (exact) mass is 153 g/mol. The Morgan fingerprint density at radius 2 is 2.18 bits per heavy atom. The second kappa shape index (κ2) is 3.42. The first-order valence-electron chi connectivity index (χ1n) is 3.81. The van der Waals surface area contributed by atoms with E-state index in [2.05, 4.69) is 23.5 Å². The van der Waals surface area contributed by atoms with E-state index in [0.717, 1.165) is 25.5 Å². The molecule has 1 rings (SSSR count). The summed E-state index contributed by atoms with van der Waals surface area (Å²) in [5.41, 5.74) is 0. The lowest BCUT2D eigenvalue weighted by atomic mass is 10.4. The maximum Gasteiger partial charge on any atom is 0.110 e. The van der Waals surface area contributed by atoms with Crippen LogP contribution in [0.1, 0.15) is 6.42 Å². The zero-order chi connectivity index (χ0) is 8.27. The van der Waals surface area contributed by atoms with E-state index >= 15 is 0 Å². The van der Waals surface area contributed by atoms with Crippen molar-refractivity contribution < 1.29 is 0 Å². The number of hydrogen-bond donors (Lipinski definition) is 0. The second-order valence-electron chi connectivity index (χ2n) is 2.83. The molecule has 0 bridgehead atoms. The van der Waals surface area contributed by atoms with Crippen LogP contribution in [-0.2, 0) is 0 Å². The molecule has 0 aromatic carbocycles. The Labute approximate surface area is 68.0 Å². The van der Waals surface area contributed by atoms with E-state index in [1.165, 1.54) is 0 Å². The van der Waals surface area contributed by atoms with Gasteiger partial charge < -0.3 is 9.80 Å². The van der Waals surface area contributed by atoms with E-state index in [9.17, 15) is 0 Å². The molecule has 0 unspecified atom stereocenters. The van der Waals surface area contributed by atoms with Crippen molar-refractivity contribution in [1.82, 2.24) is 9.80 Å². The Kier molecular flexibility index (Phi) is 2.52. The fraction of sp³-hybridized carbons (Fsp3) is 0.625. The summed E-state index contributed by atoms with van der Waals surface area (Å²) in [6.45, 7) is 5.69. The van der Waals surface area contributed by atoms with Gasteiger partial charge in [-0.25, -0.2) is 0 Å². The van der Waals surface area contributed by atoms with Gasteiger partial charge in [-0.05, 0) is 6.42 Å². The summed E-state index contributed by atoms with van der Waals surface area (Å²) in [5, 5.41) is 0. The van der Waals surface area contributed by atoms with Crippen LogP contribution in [0.25, 0.3) is 0 Å². The van der Waals surface area contributed by atoms with Crippen molar-refractivity contribution in [3.05, 3.63) is 12.4 Å². The Balaban J connectivity index is 2.62. The van der Waals surface area contributed by atoms with E-state index in [4.69, 9.17) is 0 Å². The molecule has 0 saturated carbocycles. The first-order chi connectivity index (χ1) is 5.22. The molecule has 1 heterocycles. The zero-order valence-electron chi connectivity index (χ0n) is 7.25. The average molecular weight is 153 g/mol. The van der Waals surface area contributed by atoms with Crippen LogP contribution < -0.4 is 0 Å². The summed E-state index contributed by atoms with van der Waals surface area (Å²) in [7, 11) is 4.06. The normalized spacial score (nSPS) is 22.9. The van der Waals surface area contributed by atoms with Gasteiger partial charge >= 0.3 is 0 Å². The lowest BCUT2D eigenvalue weighted by Crippen LogP contribution is -2.32. The molecule has 0 radical (unpaired) electrons. The number of rotatable bonds is 0. The van der Waals surface area contributed by atoms with Gasteiger partial charge in [0.1, 0.15) is 6.67 Å². The predicted octanol–water partition coefficient (Wildman–Crippen LogP) is 0.753. The molecule has 0 atom stereocenters. The first-order valence-corrected chi connectivity index (χ1v) is 3.81. The third-order valence-corrected chi connectivity index (χ3v) is 1.90. The summed E-state index contributed by atoms with van der Waals surface area (Å²) in [5.74, 6) is 1.04. The van der Waals surface area contributed by atoms with Crippen molar-refractivity contribution >= 4 is 6.21 Å². The summed E-state index contributed by atoms with van der Waals surface area (Å²) in [4.78, 5) is 8.39. The summed E-state index contributed by atoms with van der Waals surface area (Å²) < 4.78 is 0. The van der Waals surface area contributed by atoms with E-state index in [0.29, 0.717) is 0 Å². The predicted molar refractivity (Wildman–Crippen MR) is 47.5 cm³/mol. The van der Waals surface area contributed by atoms with Crippen molar-refractivity contribution in [2.45, 2.75) is 6.42 Å². The Morgan fingerprint density at radius 3 is 2.91 bits per heavy atom. The molecule has 0 aromatic rings. The Morgan fingerprint density at radius 1 is 1.45 bits per heavy atom. The molecule has 1 aliphatic heterocycles. The van der Waals surface area contributed by atoms with Crippen molar-refractivity contribution in [1.29, 1.82) is 0 Å². The minimum Gasteiger partial charge on any atom is -0.361 e. The number of aliphatic imine (C=N–C) groups is 1. The van der Waals surface area contributed by atoms with Gasteiger partial charge in [-0.15, -0.1) is 0 Å². The smallest absolute Gasteiger partial charge is 0.110 e. The van der Waals surface area contributed by atoms with Gasteiger partial charge in [0.25, 0.3) is 0 Å². The van der Waals surface area contributed by atoms with E-state index in [-0.39, 0.29) is 0 Å². The molecule has 62 valence electrons. The maximum atomic E-state index is 4.21. The quantitative estimate of drug-likeness (QED) is 0.511. The van der Waals surface area contributed by atoms with Crippen LogP contribution in [0.3, 0.4) is 0 Å². The van der Waals surface area contributed by atoms with Gasteiger partial charge in [0.2, 0.25) is 0 Å². The van der Waals surface area contributed by atoms with Crippen LogP contribution >= 0.6 is 0 Å². The first kappa shape index (κ1) is 8.11. The Hall–Kier alpha value is -0.990. The van der Waals surface area contributed by atoms with E-state index < -0.39 is 0 Å². The number of nitrogens with zero attached hydrogens (tertiary/aromatic N) is 3. The van der Waals surface area contributed by atoms with E-state index in [1.807, 2.05) is 18.2 Å². The lowest BCUT2D eigenvalue weighted by Gasteiger charge is -2.29. The molecule has 3 heteroatoms. The summed E-state index contributed by atoms with van der Waals surface area (Å²) >= 11 is 0. The zero-order valence-corrected chi connectivity index (χ0v) is 7.25. The van der Waals surface area contributed by atoms with Crippen LogP contribution in [0.4, 0.5) is 0 Å². The minimum atomic E-state index is 0.725. The third kappa shape index (κ3) is 1.97. The molecular weight excluding hydrogens is 138 g/mol. The summed E-state index contributed by atoms with van der Waals surface area (Å²) in [6.07, 6.45) is 2.99. The highest BCUT2D eigenvalue weighted by Gasteiger charge is 2.07. The largest absolute Gasteiger partial charge is 0.361 e. The molecular formula is C8H15N3. The third-order valence-electron chi connectivity index (χ3n) is 1.90. The van der Waals surface area contributed by atoms with Crippen LogP contribution in [0, 0.1) is 0 Å². The minimum absolute atomic E-state index is 0.725.